The largest absolute Gasteiger partial charge is 0.451 e. The normalized spacial score (nSPS) is 12.3. The van der Waals surface area contributed by atoms with Crippen LogP contribution in [0, 0.1) is 6.92 Å². The summed E-state index contributed by atoms with van der Waals surface area (Å²) in [4.78, 5) is 36.3. The molecular weight excluding hydrogens is 420 g/mol. The number of benzene rings is 2. The number of anilines is 1. The maximum absolute atomic E-state index is 12.7. The molecule has 0 saturated heterocycles. The van der Waals surface area contributed by atoms with Gasteiger partial charge in [-0.15, -0.1) is 0 Å². The number of carbonyl (C=O) groups is 3. The van der Waals surface area contributed by atoms with Gasteiger partial charge in [-0.2, -0.15) is 0 Å². The molecule has 0 radical (unpaired) electrons. The van der Waals surface area contributed by atoms with Crippen molar-refractivity contribution >= 4 is 33.4 Å². The SMILES string of the molecule is CC(=O)Nc1ccc(C(=O)[C@H](C)OC(=O)c2cc(S(=O)(=O)NC(C)C)ccc2C)cc1. The van der Waals surface area contributed by atoms with Gasteiger partial charge in [-0.1, -0.05) is 6.07 Å². The van der Waals surface area contributed by atoms with E-state index < -0.39 is 27.9 Å². The van der Waals surface area contributed by atoms with Crippen molar-refractivity contribution in [1.29, 1.82) is 0 Å². The zero-order valence-corrected chi connectivity index (χ0v) is 18.9. The van der Waals surface area contributed by atoms with Gasteiger partial charge in [0.25, 0.3) is 0 Å². The third-order valence-electron chi connectivity index (χ3n) is 4.27. The highest BCUT2D eigenvalue weighted by atomic mass is 32.2. The van der Waals surface area contributed by atoms with Crippen molar-refractivity contribution in [2.24, 2.45) is 0 Å². The molecule has 0 spiro atoms. The Kier molecular flexibility index (Phi) is 7.70. The number of sulfonamides is 1. The van der Waals surface area contributed by atoms with Crippen LogP contribution in [-0.2, 0) is 19.6 Å². The van der Waals surface area contributed by atoms with Gasteiger partial charge in [0.1, 0.15) is 0 Å². The molecule has 0 unspecified atom stereocenters. The fraction of sp³-hybridized carbons (Fsp3) is 0.318. The number of carbonyl (C=O) groups excluding carboxylic acids is 3. The summed E-state index contributed by atoms with van der Waals surface area (Å²) in [5.74, 6) is -1.45. The Morgan fingerprint density at radius 1 is 0.968 bits per heavy atom. The lowest BCUT2D eigenvalue weighted by Gasteiger charge is -2.15. The summed E-state index contributed by atoms with van der Waals surface area (Å²) in [6.07, 6.45) is -1.09. The van der Waals surface area contributed by atoms with Gasteiger partial charge in [0, 0.05) is 24.2 Å². The number of rotatable bonds is 8. The smallest absolute Gasteiger partial charge is 0.339 e. The van der Waals surface area contributed by atoms with E-state index >= 15 is 0 Å². The third-order valence-corrected chi connectivity index (χ3v) is 5.93. The molecule has 2 aromatic rings. The van der Waals surface area contributed by atoms with Crippen molar-refractivity contribution in [3.63, 3.8) is 0 Å². The van der Waals surface area contributed by atoms with E-state index in [2.05, 4.69) is 10.0 Å². The van der Waals surface area contributed by atoms with Crippen LogP contribution in [0.2, 0.25) is 0 Å². The van der Waals surface area contributed by atoms with Crippen LogP contribution in [0.25, 0.3) is 0 Å². The summed E-state index contributed by atoms with van der Waals surface area (Å²) in [6.45, 7) is 7.85. The van der Waals surface area contributed by atoms with E-state index in [1.165, 1.54) is 44.2 Å². The second-order valence-electron chi connectivity index (χ2n) is 7.42. The Hall–Kier alpha value is -3.04. The quantitative estimate of drug-likeness (QED) is 0.475. The molecule has 0 bridgehead atoms. The highest BCUT2D eigenvalue weighted by Gasteiger charge is 2.24. The van der Waals surface area contributed by atoms with Gasteiger partial charge in [-0.25, -0.2) is 17.9 Å². The minimum absolute atomic E-state index is 0.0623. The number of aryl methyl sites for hydroxylation is 1. The molecule has 31 heavy (non-hydrogen) atoms. The van der Waals surface area contributed by atoms with E-state index in [9.17, 15) is 22.8 Å². The second kappa shape index (κ2) is 9.84. The van der Waals surface area contributed by atoms with E-state index in [-0.39, 0.29) is 22.4 Å². The monoisotopic (exact) mass is 446 g/mol. The average molecular weight is 447 g/mol. The topological polar surface area (TPSA) is 119 Å². The first kappa shape index (κ1) is 24.2. The standard InChI is InChI=1S/C22H26N2O6S/c1-13(2)24-31(28,29)19-11-6-14(3)20(12-19)22(27)30-15(4)21(26)17-7-9-18(10-8-17)23-16(5)25/h6-13,15,24H,1-5H3,(H,23,25)/t15-/m0/s1. The summed E-state index contributed by atoms with van der Waals surface area (Å²) in [6, 6.07) is 10.0. The lowest BCUT2D eigenvalue weighted by molar-refractivity contribution is -0.114. The van der Waals surface area contributed by atoms with Gasteiger partial charge in [0.2, 0.25) is 21.7 Å². The van der Waals surface area contributed by atoms with Crippen molar-refractivity contribution in [2.75, 3.05) is 5.32 Å². The molecule has 8 nitrogen and oxygen atoms in total. The van der Waals surface area contributed by atoms with Crippen LogP contribution < -0.4 is 10.0 Å². The molecule has 0 aliphatic heterocycles. The minimum atomic E-state index is -3.79. The predicted molar refractivity (Wildman–Crippen MR) is 117 cm³/mol. The summed E-state index contributed by atoms with van der Waals surface area (Å²) in [7, 11) is -3.79. The van der Waals surface area contributed by atoms with Crippen molar-refractivity contribution in [2.45, 2.75) is 51.7 Å². The number of hydrogen-bond donors (Lipinski definition) is 2. The van der Waals surface area contributed by atoms with Gasteiger partial charge in [0.05, 0.1) is 10.5 Å². The summed E-state index contributed by atoms with van der Waals surface area (Å²) >= 11 is 0. The predicted octanol–water partition coefficient (Wildman–Crippen LogP) is 3.07. The number of ether oxygens (including phenoxy) is 1. The van der Waals surface area contributed by atoms with Gasteiger partial charge in [0.15, 0.2) is 6.10 Å². The molecule has 1 atom stereocenters. The van der Waals surface area contributed by atoms with Crippen LogP contribution in [0.5, 0.6) is 0 Å². The maximum atomic E-state index is 12.7. The summed E-state index contributed by atoms with van der Waals surface area (Å²) in [5, 5.41) is 2.60. The van der Waals surface area contributed by atoms with E-state index in [0.29, 0.717) is 16.8 Å². The Morgan fingerprint density at radius 2 is 1.58 bits per heavy atom. The third kappa shape index (κ3) is 6.47. The highest BCUT2D eigenvalue weighted by molar-refractivity contribution is 7.89. The Labute approximate surface area is 182 Å². The summed E-state index contributed by atoms with van der Waals surface area (Å²) in [5.41, 5.74) is 1.43. The number of ketones is 1. The molecular formula is C22H26N2O6S. The molecule has 0 fully saturated rings. The van der Waals surface area contributed by atoms with Crippen LogP contribution in [0.4, 0.5) is 5.69 Å². The van der Waals surface area contributed by atoms with E-state index in [0.717, 1.165) is 0 Å². The van der Waals surface area contributed by atoms with E-state index in [4.69, 9.17) is 4.74 Å². The van der Waals surface area contributed by atoms with Crippen molar-refractivity contribution in [1.82, 2.24) is 4.72 Å². The fourth-order valence-corrected chi connectivity index (χ4v) is 4.08. The second-order valence-corrected chi connectivity index (χ2v) is 9.14. The van der Waals surface area contributed by atoms with Crippen LogP contribution in [0.3, 0.4) is 0 Å². The number of nitrogens with one attached hydrogen (secondary N) is 2. The molecule has 9 heteroatoms. The number of Topliss-reactive ketones (excluding diaryl/α,β-unsaturated/α-hetero) is 1. The van der Waals surface area contributed by atoms with Gasteiger partial charge in [-0.05, 0) is 69.7 Å². The fourth-order valence-electron chi connectivity index (χ4n) is 2.80. The molecule has 0 aliphatic rings. The van der Waals surface area contributed by atoms with Crippen LogP contribution in [0.1, 0.15) is 54.0 Å². The molecule has 0 saturated carbocycles. The van der Waals surface area contributed by atoms with Gasteiger partial charge < -0.3 is 10.1 Å². The van der Waals surface area contributed by atoms with E-state index in [1.807, 2.05) is 0 Å². The van der Waals surface area contributed by atoms with Gasteiger partial charge >= 0.3 is 5.97 Å². The summed E-state index contributed by atoms with van der Waals surface area (Å²) < 4.78 is 32.6. The van der Waals surface area contributed by atoms with Crippen LogP contribution in [0.15, 0.2) is 47.4 Å². The maximum Gasteiger partial charge on any atom is 0.339 e. The van der Waals surface area contributed by atoms with Crippen molar-refractivity contribution in [3.05, 3.63) is 59.2 Å². The Balaban J connectivity index is 2.18. The lowest BCUT2D eigenvalue weighted by Crippen LogP contribution is -2.30. The van der Waals surface area contributed by atoms with Crippen LogP contribution in [-0.4, -0.2) is 38.2 Å². The molecule has 0 aromatic heterocycles. The van der Waals surface area contributed by atoms with Gasteiger partial charge in [-0.3, -0.25) is 9.59 Å². The number of hydrogen-bond acceptors (Lipinski definition) is 6. The zero-order chi connectivity index (χ0) is 23.3. The highest BCUT2D eigenvalue weighted by Crippen LogP contribution is 2.19. The number of esters is 1. The minimum Gasteiger partial charge on any atom is -0.451 e. The molecule has 2 aromatic carbocycles. The first-order valence-corrected chi connectivity index (χ1v) is 11.1. The Morgan fingerprint density at radius 3 is 2.13 bits per heavy atom. The molecule has 0 heterocycles. The zero-order valence-electron chi connectivity index (χ0n) is 18.1. The van der Waals surface area contributed by atoms with Crippen LogP contribution >= 0.6 is 0 Å². The Bertz CT molecular complexity index is 1090. The molecule has 2 N–H and O–H groups in total. The molecule has 166 valence electrons. The molecule has 1 amide bonds. The van der Waals surface area contributed by atoms with Crippen molar-refractivity contribution in [3.8, 4) is 0 Å². The van der Waals surface area contributed by atoms with E-state index in [1.54, 1.807) is 32.9 Å². The van der Waals surface area contributed by atoms with Crippen molar-refractivity contribution < 1.29 is 27.5 Å². The first-order chi connectivity index (χ1) is 14.4. The first-order valence-electron chi connectivity index (χ1n) is 9.66. The average Bonchev–Trinajstić information content (AvgIpc) is 2.66. The molecule has 0 aliphatic carbocycles. The molecule has 2 rings (SSSR count). The lowest BCUT2D eigenvalue weighted by atomic mass is 10.1. The number of amides is 1.